The lowest BCUT2D eigenvalue weighted by molar-refractivity contribution is -0.0397. The maximum Gasteiger partial charge on any atom is 0.475 e. The SMILES string of the molecule is NC(=O)c1ncn([C@H]2CC[C@@H](COP3(=O)OCC[C@@H](c4cccc(Cl)c4)O3)O2)n1. The van der Waals surface area contributed by atoms with E-state index in [2.05, 4.69) is 10.1 Å². The average molecular weight is 443 g/mol. The largest absolute Gasteiger partial charge is 0.475 e. The van der Waals surface area contributed by atoms with Crippen molar-refractivity contribution < 1.29 is 27.7 Å². The monoisotopic (exact) mass is 442 g/mol. The number of hydrogen-bond donors (Lipinski definition) is 1. The minimum Gasteiger partial charge on any atom is -0.363 e. The molecule has 12 heteroatoms. The molecule has 4 rings (SSSR count). The first kappa shape index (κ1) is 20.5. The van der Waals surface area contributed by atoms with Crippen molar-refractivity contribution in [3.05, 3.63) is 47.0 Å². The van der Waals surface area contributed by atoms with Crippen LogP contribution in [0.1, 0.15) is 47.8 Å². The van der Waals surface area contributed by atoms with Gasteiger partial charge in [0.1, 0.15) is 6.33 Å². The Morgan fingerprint density at radius 1 is 1.38 bits per heavy atom. The summed E-state index contributed by atoms with van der Waals surface area (Å²) in [6.45, 7) is 0.283. The summed E-state index contributed by atoms with van der Waals surface area (Å²) in [6.07, 6.45) is 2.06. The van der Waals surface area contributed by atoms with E-state index in [4.69, 9.17) is 35.6 Å². The lowest BCUT2D eigenvalue weighted by atomic mass is 10.1. The van der Waals surface area contributed by atoms with Gasteiger partial charge in [-0.05, 0) is 30.5 Å². The Morgan fingerprint density at radius 2 is 2.24 bits per heavy atom. The molecular weight excluding hydrogens is 423 g/mol. The molecule has 2 N–H and O–H groups in total. The molecular formula is C17H20ClN4O6P. The van der Waals surface area contributed by atoms with E-state index in [1.54, 1.807) is 12.1 Å². The van der Waals surface area contributed by atoms with Gasteiger partial charge in [0, 0.05) is 11.4 Å². The summed E-state index contributed by atoms with van der Waals surface area (Å²) in [4.78, 5) is 14.9. The summed E-state index contributed by atoms with van der Waals surface area (Å²) < 4.78 is 36.6. The van der Waals surface area contributed by atoms with Gasteiger partial charge in [-0.3, -0.25) is 18.4 Å². The van der Waals surface area contributed by atoms with Gasteiger partial charge in [-0.2, -0.15) is 0 Å². The van der Waals surface area contributed by atoms with Crippen LogP contribution in [0, 0.1) is 0 Å². The van der Waals surface area contributed by atoms with Gasteiger partial charge in [-0.15, -0.1) is 5.10 Å². The zero-order valence-electron chi connectivity index (χ0n) is 15.3. The maximum absolute atomic E-state index is 12.9. The molecule has 2 fully saturated rings. The number of hydrogen-bond acceptors (Lipinski definition) is 8. The zero-order chi connectivity index (χ0) is 20.4. The molecule has 3 heterocycles. The number of primary amides is 1. The van der Waals surface area contributed by atoms with Crippen LogP contribution in [0.3, 0.4) is 0 Å². The molecule has 0 saturated carbocycles. The Bertz CT molecular complexity index is 940. The van der Waals surface area contributed by atoms with Crippen LogP contribution in [0.4, 0.5) is 0 Å². The number of benzene rings is 1. The molecule has 0 bridgehead atoms. The van der Waals surface area contributed by atoms with Crippen LogP contribution in [-0.2, 0) is 22.9 Å². The molecule has 4 atom stereocenters. The molecule has 1 amide bonds. The van der Waals surface area contributed by atoms with E-state index in [1.165, 1.54) is 11.0 Å². The van der Waals surface area contributed by atoms with Gasteiger partial charge >= 0.3 is 7.82 Å². The van der Waals surface area contributed by atoms with Crippen LogP contribution < -0.4 is 5.73 Å². The molecule has 2 aromatic rings. The number of carbonyl (C=O) groups excluding carboxylic acids is 1. The van der Waals surface area contributed by atoms with E-state index in [-0.39, 0.29) is 25.1 Å². The topological polar surface area (TPSA) is 128 Å². The van der Waals surface area contributed by atoms with Crippen LogP contribution in [0.5, 0.6) is 0 Å². The molecule has 1 aromatic heterocycles. The number of aromatic nitrogens is 3. The van der Waals surface area contributed by atoms with Crippen LogP contribution in [-0.4, -0.2) is 40.0 Å². The van der Waals surface area contributed by atoms with Crippen molar-refractivity contribution in [3.63, 3.8) is 0 Å². The zero-order valence-corrected chi connectivity index (χ0v) is 17.0. The fourth-order valence-electron chi connectivity index (χ4n) is 3.22. The number of carbonyl (C=O) groups is 1. The van der Waals surface area contributed by atoms with Crippen LogP contribution in [0.15, 0.2) is 30.6 Å². The van der Waals surface area contributed by atoms with Crippen molar-refractivity contribution in [1.82, 2.24) is 14.8 Å². The van der Waals surface area contributed by atoms with Crippen molar-refractivity contribution in [1.29, 1.82) is 0 Å². The molecule has 10 nitrogen and oxygen atoms in total. The van der Waals surface area contributed by atoms with Gasteiger partial charge in [-0.1, -0.05) is 23.7 Å². The number of halogens is 1. The lowest BCUT2D eigenvalue weighted by Gasteiger charge is -2.29. The number of amides is 1. The first-order valence-electron chi connectivity index (χ1n) is 9.11. The second-order valence-corrected chi connectivity index (χ2v) is 8.77. The Labute approximate surface area is 171 Å². The Hall–Kier alpha value is -1.81. The third kappa shape index (κ3) is 4.85. The smallest absolute Gasteiger partial charge is 0.363 e. The van der Waals surface area contributed by atoms with Crippen molar-refractivity contribution in [2.75, 3.05) is 13.2 Å². The van der Waals surface area contributed by atoms with E-state index in [0.29, 0.717) is 24.3 Å². The van der Waals surface area contributed by atoms with Crippen LogP contribution in [0.2, 0.25) is 5.02 Å². The van der Waals surface area contributed by atoms with Gasteiger partial charge in [-0.25, -0.2) is 14.2 Å². The fourth-order valence-corrected chi connectivity index (χ4v) is 4.83. The summed E-state index contributed by atoms with van der Waals surface area (Å²) in [5.41, 5.74) is 5.97. The standard InChI is InChI=1S/C17H20ClN4O6P/c18-12-3-1-2-11(8-12)14-6-7-25-29(24,28-14)26-9-13-4-5-15(27-13)22-10-20-17(21-22)16(19)23/h1-3,8,10,13-15H,4-7,9H2,(H2,19,23)/t13-,14-,15+,29?/m0/s1. The summed E-state index contributed by atoms with van der Waals surface area (Å²) >= 11 is 6.02. The van der Waals surface area contributed by atoms with E-state index in [1.807, 2.05) is 12.1 Å². The second kappa shape index (κ2) is 8.51. The van der Waals surface area contributed by atoms with Crippen molar-refractivity contribution in [2.24, 2.45) is 5.73 Å². The predicted molar refractivity (Wildman–Crippen MR) is 101 cm³/mol. The maximum atomic E-state index is 12.9. The van der Waals surface area contributed by atoms with Gasteiger partial charge in [0.25, 0.3) is 5.91 Å². The number of nitrogens with two attached hydrogens (primary N) is 1. The van der Waals surface area contributed by atoms with Gasteiger partial charge in [0.2, 0.25) is 5.82 Å². The van der Waals surface area contributed by atoms with E-state index in [9.17, 15) is 9.36 Å². The molecule has 1 aromatic carbocycles. The highest BCUT2D eigenvalue weighted by molar-refractivity contribution is 7.48. The van der Waals surface area contributed by atoms with Gasteiger partial charge in [0.15, 0.2) is 6.23 Å². The molecule has 2 saturated heterocycles. The summed E-state index contributed by atoms with van der Waals surface area (Å²) in [5.74, 6) is -0.783. The summed E-state index contributed by atoms with van der Waals surface area (Å²) in [5, 5.41) is 4.57. The Kier molecular flexibility index (Phi) is 6.00. The number of phosphoric acid groups is 1. The normalized spacial score (nSPS) is 29.8. The first-order chi connectivity index (χ1) is 13.9. The average Bonchev–Trinajstić information content (AvgIpc) is 3.36. The number of nitrogens with zero attached hydrogens (tertiary/aromatic N) is 3. The molecule has 0 radical (unpaired) electrons. The molecule has 29 heavy (non-hydrogen) atoms. The molecule has 0 spiro atoms. The number of rotatable bonds is 6. The second-order valence-electron chi connectivity index (χ2n) is 6.72. The van der Waals surface area contributed by atoms with Crippen LogP contribution in [0.25, 0.3) is 0 Å². The molecule has 1 unspecified atom stereocenters. The number of ether oxygens (including phenoxy) is 1. The Balaban J connectivity index is 1.32. The molecule has 2 aliphatic rings. The number of phosphoric ester groups is 1. The van der Waals surface area contributed by atoms with Crippen LogP contribution >= 0.6 is 19.4 Å². The summed E-state index contributed by atoms with van der Waals surface area (Å²) in [6, 6.07) is 7.19. The van der Waals surface area contributed by atoms with Crippen molar-refractivity contribution in [3.8, 4) is 0 Å². The summed E-state index contributed by atoms with van der Waals surface area (Å²) in [7, 11) is -3.72. The van der Waals surface area contributed by atoms with E-state index < -0.39 is 26.1 Å². The highest BCUT2D eigenvalue weighted by atomic mass is 35.5. The third-order valence-corrected chi connectivity index (χ3v) is 6.35. The lowest BCUT2D eigenvalue weighted by Crippen LogP contribution is -2.20. The van der Waals surface area contributed by atoms with Gasteiger partial charge < -0.3 is 10.5 Å². The fraction of sp³-hybridized carbons (Fsp3) is 0.471. The van der Waals surface area contributed by atoms with Crippen molar-refractivity contribution >= 4 is 25.3 Å². The van der Waals surface area contributed by atoms with E-state index in [0.717, 1.165) is 5.56 Å². The van der Waals surface area contributed by atoms with Crippen molar-refractivity contribution in [2.45, 2.75) is 37.7 Å². The molecule has 2 aliphatic heterocycles. The quantitative estimate of drug-likeness (QED) is 0.676. The Morgan fingerprint density at radius 3 is 3.00 bits per heavy atom. The third-order valence-electron chi connectivity index (χ3n) is 4.63. The molecule has 0 aliphatic carbocycles. The first-order valence-corrected chi connectivity index (χ1v) is 10.9. The predicted octanol–water partition coefficient (Wildman–Crippen LogP) is 3.01. The minimum atomic E-state index is -3.72. The molecule has 156 valence electrons. The highest BCUT2D eigenvalue weighted by Crippen LogP contribution is 2.57. The minimum absolute atomic E-state index is 0.0351. The van der Waals surface area contributed by atoms with E-state index >= 15 is 0 Å². The van der Waals surface area contributed by atoms with Gasteiger partial charge in [0.05, 0.1) is 25.4 Å². The highest BCUT2D eigenvalue weighted by Gasteiger charge is 2.38.